The summed E-state index contributed by atoms with van der Waals surface area (Å²) in [5, 5.41) is 0. The third-order valence-electron chi connectivity index (χ3n) is 4.04. The molecule has 0 fully saturated rings. The van der Waals surface area contributed by atoms with Gasteiger partial charge in [-0.1, -0.05) is 111 Å². The lowest BCUT2D eigenvalue weighted by Crippen LogP contribution is -2.00. The average Bonchev–Trinajstić information content (AvgIpc) is 2.39. The van der Waals surface area contributed by atoms with E-state index < -0.39 is 0 Å². The minimum absolute atomic E-state index is 0.975. The monoisotopic (exact) mass is 253 g/mol. The topological polar surface area (TPSA) is 0 Å². The van der Waals surface area contributed by atoms with Crippen LogP contribution in [0.25, 0.3) is 0 Å². The molecule has 1 radical (unpaired) electrons. The van der Waals surface area contributed by atoms with Crippen molar-refractivity contribution < 1.29 is 0 Å². The summed E-state index contributed by atoms with van der Waals surface area (Å²) in [7, 11) is 0. The minimum atomic E-state index is 0.975. The molecule has 0 aliphatic carbocycles. The molecule has 0 aromatic carbocycles. The van der Waals surface area contributed by atoms with Crippen LogP contribution in [0, 0.1) is 12.8 Å². The van der Waals surface area contributed by atoms with Crippen LogP contribution in [0.15, 0.2) is 0 Å². The van der Waals surface area contributed by atoms with Crippen molar-refractivity contribution in [2.75, 3.05) is 0 Å². The molecule has 0 saturated carbocycles. The van der Waals surface area contributed by atoms with E-state index in [0.717, 1.165) is 12.3 Å². The van der Waals surface area contributed by atoms with Gasteiger partial charge in [0.15, 0.2) is 0 Å². The molecule has 109 valence electrons. The highest BCUT2D eigenvalue weighted by atomic mass is 14.1. The summed E-state index contributed by atoms with van der Waals surface area (Å²) in [5.74, 6) is 0.975. The lowest BCUT2D eigenvalue weighted by atomic mass is 9.91. The molecule has 1 atom stereocenters. The van der Waals surface area contributed by atoms with E-state index in [1.807, 2.05) is 0 Å². The van der Waals surface area contributed by atoms with Gasteiger partial charge in [0.05, 0.1) is 0 Å². The highest BCUT2D eigenvalue weighted by Gasteiger charge is 2.06. The SMILES string of the molecule is [CH2]CCC(CCCC)CCCCCCCCCC. The predicted molar refractivity (Wildman–Crippen MR) is 84.8 cm³/mol. The maximum atomic E-state index is 4.02. The van der Waals surface area contributed by atoms with Gasteiger partial charge in [-0.25, -0.2) is 0 Å². The van der Waals surface area contributed by atoms with Crippen molar-refractivity contribution in [2.24, 2.45) is 5.92 Å². The van der Waals surface area contributed by atoms with Crippen LogP contribution in [0.2, 0.25) is 0 Å². The van der Waals surface area contributed by atoms with Gasteiger partial charge in [-0.05, 0) is 5.92 Å². The van der Waals surface area contributed by atoms with E-state index >= 15 is 0 Å². The van der Waals surface area contributed by atoms with E-state index in [-0.39, 0.29) is 0 Å². The van der Waals surface area contributed by atoms with Crippen molar-refractivity contribution in [1.29, 1.82) is 0 Å². The molecule has 0 saturated heterocycles. The summed E-state index contributed by atoms with van der Waals surface area (Å²) in [6.45, 7) is 8.61. The Balaban J connectivity index is 3.31. The van der Waals surface area contributed by atoms with Crippen LogP contribution >= 0.6 is 0 Å². The maximum absolute atomic E-state index is 4.02. The van der Waals surface area contributed by atoms with E-state index in [1.54, 1.807) is 0 Å². The summed E-state index contributed by atoms with van der Waals surface area (Å²) in [5.41, 5.74) is 0. The molecule has 0 spiro atoms. The normalized spacial score (nSPS) is 12.8. The third-order valence-corrected chi connectivity index (χ3v) is 4.04. The number of rotatable bonds is 14. The van der Waals surface area contributed by atoms with E-state index in [9.17, 15) is 0 Å². The van der Waals surface area contributed by atoms with Gasteiger partial charge in [0.2, 0.25) is 0 Å². The van der Waals surface area contributed by atoms with Gasteiger partial charge in [-0.2, -0.15) is 0 Å². The molecule has 0 amide bonds. The van der Waals surface area contributed by atoms with Gasteiger partial charge in [-0.15, -0.1) is 0 Å². The molecule has 1 unspecified atom stereocenters. The summed E-state index contributed by atoms with van der Waals surface area (Å²) in [6, 6.07) is 0. The number of unbranched alkanes of at least 4 members (excludes halogenated alkanes) is 8. The van der Waals surface area contributed by atoms with E-state index in [2.05, 4.69) is 20.8 Å². The second kappa shape index (κ2) is 15.1. The van der Waals surface area contributed by atoms with Gasteiger partial charge >= 0.3 is 0 Å². The van der Waals surface area contributed by atoms with E-state index in [1.165, 1.54) is 83.5 Å². The average molecular weight is 253 g/mol. The molecule has 0 bridgehead atoms. The Morgan fingerprint density at radius 2 is 1.11 bits per heavy atom. The van der Waals surface area contributed by atoms with Gasteiger partial charge in [0.25, 0.3) is 0 Å². The second-order valence-corrected chi connectivity index (χ2v) is 5.91. The van der Waals surface area contributed by atoms with Crippen molar-refractivity contribution in [3.05, 3.63) is 6.92 Å². The first-order valence-electron chi connectivity index (χ1n) is 8.64. The molecular weight excluding hydrogens is 216 g/mol. The molecule has 0 aromatic rings. The molecule has 0 heteroatoms. The lowest BCUT2D eigenvalue weighted by molar-refractivity contribution is 0.388. The predicted octanol–water partition coefficient (Wildman–Crippen LogP) is 6.94. The van der Waals surface area contributed by atoms with Crippen molar-refractivity contribution in [3.63, 3.8) is 0 Å². The van der Waals surface area contributed by atoms with E-state index in [4.69, 9.17) is 0 Å². The van der Waals surface area contributed by atoms with Gasteiger partial charge < -0.3 is 0 Å². The minimum Gasteiger partial charge on any atom is -0.0654 e. The number of hydrogen-bond donors (Lipinski definition) is 0. The van der Waals surface area contributed by atoms with Crippen molar-refractivity contribution in [2.45, 2.75) is 104 Å². The Morgan fingerprint density at radius 1 is 0.611 bits per heavy atom. The van der Waals surface area contributed by atoms with Crippen LogP contribution in [0.1, 0.15) is 104 Å². The first kappa shape index (κ1) is 18.0. The smallest absolute Gasteiger partial charge is 0.0414 e. The Labute approximate surface area is 117 Å². The van der Waals surface area contributed by atoms with Crippen LogP contribution in [-0.2, 0) is 0 Å². The number of hydrogen-bond acceptors (Lipinski definition) is 0. The Bertz CT molecular complexity index is 139. The fourth-order valence-electron chi connectivity index (χ4n) is 2.78. The van der Waals surface area contributed by atoms with Crippen molar-refractivity contribution in [3.8, 4) is 0 Å². The lowest BCUT2D eigenvalue weighted by Gasteiger charge is -2.15. The zero-order chi connectivity index (χ0) is 13.5. The van der Waals surface area contributed by atoms with Crippen LogP contribution in [-0.4, -0.2) is 0 Å². The molecular formula is C18H37. The molecule has 0 nitrogen and oxygen atoms in total. The standard InChI is InChI=1S/C18H37/c1-4-7-9-10-11-12-13-14-17-18(15-6-3)16-8-5-2/h18H,3-17H2,1-2H3. The van der Waals surface area contributed by atoms with Gasteiger partial charge in [0.1, 0.15) is 0 Å². The summed E-state index contributed by atoms with van der Waals surface area (Å²) in [6.07, 6.45) is 19.7. The highest BCUT2D eigenvalue weighted by molar-refractivity contribution is 4.61. The summed E-state index contributed by atoms with van der Waals surface area (Å²) < 4.78 is 0. The quantitative estimate of drug-likeness (QED) is 0.294. The first-order chi connectivity index (χ1) is 8.85. The molecule has 0 heterocycles. The third kappa shape index (κ3) is 12.5. The molecule has 0 rings (SSSR count). The van der Waals surface area contributed by atoms with Crippen LogP contribution in [0.3, 0.4) is 0 Å². The first-order valence-corrected chi connectivity index (χ1v) is 8.64. The van der Waals surface area contributed by atoms with Crippen LogP contribution in [0.4, 0.5) is 0 Å². The Morgan fingerprint density at radius 3 is 1.67 bits per heavy atom. The molecule has 0 N–H and O–H groups in total. The van der Waals surface area contributed by atoms with Gasteiger partial charge in [-0.3, -0.25) is 0 Å². The zero-order valence-electron chi connectivity index (χ0n) is 13.2. The Hall–Kier alpha value is 0. The van der Waals surface area contributed by atoms with Crippen molar-refractivity contribution in [1.82, 2.24) is 0 Å². The largest absolute Gasteiger partial charge is 0.0654 e. The van der Waals surface area contributed by atoms with Gasteiger partial charge in [0, 0.05) is 0 Å². The molecule has 0 aliphatic heterocycles. The highest BCUT2D eigenvalue weighted by Crippen LogP contribution is 2.22. The fraction of sp³-hybridized carbons (Fsp3) is 0.944. The Kier molecular flexibility index (Phi) is 15.1. The van der Waals surface area contributed by atoms with Crippen molar-refractivity contribution >= 4 is 0 Å². The summed E-state index contributed by atoms with van der Waals surface area (Å²) in [4.78, 5) is 0. The molecule has 0 aliphatic rings. The zero-order valence-corrected chi connectivity index (χ0v) is 13.2. The molecule has 0 aromatic heterocycles. The maximum Gasteiger partial charge on any atom is -0.0414 e. The molecule has 18 heavy (non-hydrogen) atoms. The fourth-order valence-corrected chi connectivity index (χ4v) is 2.78. The van der Waals surface area contributed by atoms with Crippen LogP contribution in [0.5, 0.6) is 0 Å². The second-order valence-electron chi connectivity index (χ2n) is 5.91. The van der Waals surface area contributed by atoms with Crippen LogP contribution < -0.4 is 0 Å². The van der Waals surface area contributed by atoms with E-state index in [0.29, 0.717) is 0 Å². The summed E-state index contributed by atoms with van der Waals surface area (Å²) >= 11 is 0.